The second-order valence-electron chi connectivity index (χ2n) is 1.80. The van der Waals surface area contributed by atoms with E-state index in [1.54, 1.807) is 0 Å². The molecule has 0 aliphatic rings. The van der Waals surface area contributed by atoms with Crippen molar-refractivity contribution in [2.24, 2.45) is 0 Å². The molecule has 0 amide bonds. The third-order valence-electron chi connectivity index (χ3n) is 0.735. The molecule has 0 aliphatic carbocycles. The SMILES string of the molecule is CCCCO.CCCO.[Ho]. The van der Waals surface area contributed by atoms with Crippen molar-refractivity contribution < 1.29 is 48.0 Å². The van der Waals surface area contributed by atoms with Crippen molar-refractivity contribution in [3.05, 3.63) is 0 Å². The number of rotatable bonds is 3. The van der Waals surface area contributed by atoms with E-state index in [0.29, 0.717) is 13.2 Å². The van der Waals surface area contributed by atoms with Crippen molar-refractivity contribution in [3.8, 4) is 0 Å². The summed E-state index contributed by atoms with van der Waals surface area (Å²) in [4.78, 5) is 0. The molecular formula is C7H18HoO2. The Labute approximate surface area is 93.6 Å². The summed E-state index contributed by atoms with van der Waals surface area (Å²) in [7, 11) is 0. The monoisotopic (exact) mass is 299 g/mol. The average molecular weight is 299 g/mol. The second-order valence-corrected chi connectivity index (χ2v) is 1.80. The molecule has 0 aromatic carbocycles. The number of hydrogen-bond donors (Lipinski definition) is 2. The Kier molecular flexibility index (Phi) is 38.9. The van der Waals surface area contributed by atoms with Gasteiger partial charge in [-0.1, -0.05) is 20.3 Å². The van der Waals surface area contributed by atoms with Crippen LogP contribution >= 0.6 is 0 Å². The van der Waals surface area contributed by atoms with Gasteiger partial charge < -0.3 is 10.2 Å². The molecule has 0 fully saturated rings. The minimum Gasteiger partial charge on any atom is -0.396 e. The fourth-order valence-electron chi connectivity index (χ4n) is 0.158. The first-order valence-electron chi connectivity index (χ1n) is 3.55. The van der Waals surface area contributed by atoms with Gasteiger partial charge in [0.1, 0.15) is 0 Å². The normalized spacial score (nSPS) is 7.20. The van der Waals surface area contributed by atoms with Crippen molar-refractivity contribution in [3.63, 3.8) is 0 Å². The van der Waals surface area contributed by atoms with E-state index in [9.17, 15) is 0 Å². The summed E-state index contributed by atoms with van der Waals surface area (Å²) in [5.41, 5.74) is 0. The fourth-order valence-corrected chi connectivity index (χ4v) is 0.158. The molecule has 0 aliphatic heterocycles. The molecule has 0 saturated heterocycles. The summed E-state index contributed by atoms with van der Waals surface area (Å²) in [5, 5.41) is 15.9. The smallest absolute Gasteiger partial charge is 0.0430 e. The van der Waals surface area contributed by atoms with Gasteiger partial charge in [0.15, 0.2) is 0 Å². The summed E-state index contributed by atoms with van der Waals surface area (Å²) in [6.07, 6.45) is 2.91. The van der Waals surface area contributed by atoms with Gasteiger partial charge >= 0.3 is 0 Å². The molecule has 69 valence electrons. The van der Waals surface area contributed by atoms with Crippen molar-refractivity contribution in [2.75, 3.05) is 13.2 Å². The first-order valence-corrected chi connectivity index (χ1v) is 3.55. The maximum Gasteiger partial charge on any atom is 0.0430 e. The van der Waals surface area contributed by atoms with Gasteiger partial charge in [0.05, 0.1) is 0 Å². The molecular weight excluding hydrogens is 281 g/mol. The number of aliphatic hydroxyl groups is 2. The predicted octanol–water partition coefficient (Wildman–Crippen LogP) is 1.17. The molecule has 2 N–H and O–H groups in total. The summed E-state index contributed by atoms with van der Waals surface area (Å²) < 4.78 is 0. The zero-order chi connectivity index (χ0) is 7.54. The van der Waals surface area contributed by atoms with E-state index in [0.717, 1.165) is 19.3 Å². The van der Waals surface area contributed by atoms with Gasteiger partial charge in [-0.15, -0.1) is 0 Å². The third kappa shape index (κ3) is 35.2. The van der Waals surface area contributed by atoms with Gasteiger partial charge in [-0.2, -0.15) is 0 Å². The van der Waals surface area contributed by atoms with Crippen LogP contribution in [0.3, 0.4) is 0 Å². The van der Waals surface area contributed by atoms with Crippen molar-refractivity contribution >= 4 is 0 Å². The van der Waals surface area contributed by atoms with Gasteiger partial charge in [-0.3, -0.25) is 0 Å². The summed E-state index contributed by atoms with van der Waals surface area (Å²) in [5.74, 6) is 0. The third-order valence-corrected chi connectivity index (χ3v) is 0.735. The molecule has 0 bridgehead atoms. The largest absolute Gasteiger partial charge is 0.396 e. The van der Waals surface area contributed by atoms with Crippen molar-refractivity contribution in [1.29, 1.82) is 0 Å². The van der Waals surface area contributed by atoms with Crippen molar-refractivity contribution in [2.45, 2.75) is 33.1 Å². The quantitative estimate of drug-likeness (QED) is 0.768. The molecule has 0 saturated carbocycles. The van der Waals surface area contributed by atoms with E-state index >= 15 is 0 Å². The Morgan fingerprint density at radius 1 is 0.900 bits per heavy atom. The number of hydrogen-bond acceptors (Lipinski definition) is 2. The van der Waals surface area contributed by atoms with Crippen molar-refractivity contribution in [1.82, 2.24) is 0 Å². The molecule has 0 aromatic heterocycles. The Morgan fingerprint density at radius 2 is 1.30 bits per heavy atom. The molecule has 10 heavy (non-hydrogen) atoms. The van der Waals surface area contributed by atoms with E-state index < -0.39 is 0 Å². The maximum atomic E-state index is 8.07. The molecule has 0 rings (SSSR count). The molecule has 0 spiro atoms. The number of unbranched alkanes of at least 4 members (excludes halogenated alkanes) is 1. The standard InChI is InChI=1S/C4H10O.C3H8O.Ho/c1-2-3-4-5;1-2-3-4;/h5H,2-4H2,1H3;4H,2-3H2,1H3;. The molecule has 0 unspecified atom stereocenters. The Hall–Kier alpha value is 1.18. The number of aliphatic hydroxyl groups excluding tert-OH is 2. The van der Waals surface area contributed by atoms with E-state index in [1.807, 2.05) is 6.92 Å². The van der Waals surface area contributed by atoms with Crippen LogP contribution in [0.15, 0.2) is 0 Å². The molecule has 0 aromatic rings. The summed E-state index contributed by atoms with van der Waals surface area (Å²) in [6.45, 7) is 4.65. The van der Waals surface area contributed by atoms with Crippen LogP contribution in [-0.2, 0) is 0 Å². The zero-order valence-corrected chi connectivity index (χ0v) is 8.67. The van der Waals surface area contributed by atoms with Gasteiger partial charge in [0, 0.05) is 51.0 Å². The molecule has 0 heterocycles. The molecule has 3 heteroatoms. The first kappa shape index (κ1) is 17.3. The maximum absolute atomic E-state index is 8.07. The minimum atomic E-state index is 0. The Morgan fingerprint density at radius 3 is 1.30 bits per heavy atom. The van der Waals surface area contributed by atoms with E-state index in [4.69, 9.17) is 10.2 Å². The van der Waals surface area contributed by atoms with Crippen LogP contribution in [0, 0.1) is 37.7 Å². The molecule has 2 nitrogen and oxygen atoms in total. The fraction of sp³-hybridized carbons (Fsp3) is 1.00. The summed E-state index contributed by atoms with van der Waals surface area (Å²) in [6, 6.07) is 0. The topological polar surface area (TPSA) is 40.5 Å². The Balaban J connectivity index is -0.0000000910. The van der Waals surface area contributed by atoms with E-state index in [1.165, 1.54) is 0 Å². The van der Waals surface area contributed by atoms with Gasteiger partial charge in [0.25, 0.3) is 0 Å². The minimum absolute atomic E-state index is 0. The van der Waals surface area contributed by atoms with Gasteiger partial charge in [0.2, 0.25) is 0 Å². The average Bonchev–Trinajstić information content (AvgIpc) is 1.91. The van der Waals surface area contributed by atoms with Crippen LogP contribution in [0.4, 0.5) is 0 Å². The zero-order valence-electron chi connectivity index (χ0n) is 6.73. The van der Waals surface area contributed by atoms with E-state index in [2.05, 4.69) is 6.92 Å². The van der Waals surface area contributed by atoms with Crippen LogP contribution in [0.5, 0.6) is 0 Å². The van der Waals surface area contributed by atoms with Crippen LogP contribution < -0.4 is 0 Å². The van der Waals surface area contributed by atoms with Crippen LogP contribution in [0.25, 0.3) is 0 Å². The molecule has 0 atom stereocenters. The first-order chi connectivity index (χ1) is 4.33. The summed E-state index contributed by atoms with van der Waals surface area (Å²) >= 11 is 0. The van der Waals surface area contributed by atoms with Crippen LogP contribution in [0.2, 0.25) is 0 Å². The predicted molar refractivity (Wildman–Crippen MR) is 39.4 cm³/mol. The van der Waals surface area contributed by atoms with E-state index in [-0.39, 0.29) is 37.7 Å². The second kappa shape index (κ2) is 22.5. The molecule has 1 radical (unpaired) electrons. The van der Waals surface area contributed by atoms with Crippen LogP contribution in [-0.4, -0.2) is 23.4 Å². The van der Waals surface area contributed by atoms with Crippen LogP contribution in [0.1, 0.15) is 33.1 Å². The van der Waals surface area contributed by atoms with Gasteiger partial charge in [-0.05, 0) is 12.8 Å². The Bertz CT molecular complexity index is 30.8. The van der Waals surface area contributed by atoms with Gasteiger partial charge in [-0.25, -0.2) is 0 Å².